The molecule has 0 aromatic heterocycles. The first kappa shape index (κ1) is 19.1. The van der Waals surface area contributed by atoms with Crippen LogP contribution < -0.4 is 5.32 Å². The molecule has 4 nitrogen and oxygen atoms in total. The monoisotopic (exact) mass is 368 g/mol. The molecule has 27 heavy (non-hydrogen) atoms. The molecule has 0 bridgehead atoms. The van der Waals surface area contributed by atoms with Gasteiger partial charge in [0.25, 0.3) is 5.91 Å². The lowest BCUT2D eigenvalue weighted by molar-refractivity contribution is -0.132. The van der Waals surface area contributed by atoms with Gasteiger partial charge in [0.15, 0.2) is 0 Å². The van der Waals surface area contributed by atoms with E-state index in [4.69, 9.17) is 0 Å². The van der Waals surface area contributed by atoms with E-state index < -0.39 is 11.2 Å². The van der Waals surface area contributed by atoms with Gasteiger partial charge in [-0.15, -0.1) is 0 Å². The Labute approximate surface area is 159 Å². The fraction of sp³-hybridized carbons (Fsp3) is 0.364. The Balaban J connectivity index is 1.56. The van der Waals surface area contributed by atoms with Crippen LogP contribution in [0, 0.1) is 18.2 Å². The van der Waals surface area contributed by atoms with Crippen LogP contribution in [-0.2, 0) is 11.3 Å². The number of halogens is 1. The first-order chi connectivity index (χ1) is 12.9. The molecule has 0 saturated carbocycles. The van der Waals surface area contributed by atoms with Crippen molar-refractivity contribution >= 4 is 11.8 Å². The third kappa shape index (κ3) is 4.35. The van der Waals surface area contributed by atoms with E-state index in [9.17, 15) is 14.0 Å². The molecule has 0 unspecified atom stereocenters. The van der Waals surface area contributed by atoms with Crippen LogP contribution in [0.1, 0.15) is 41.3 Å². The van der Waals surface area contributed by atoms with Crippen LogP contribution in [0.25, 0.3) is 0 Å². The Hall–Kier alpha value is -2.69. The van der Waals surface area contributed by atoms with Crippen LogP contribution in [0.15, 0.2) is 48.5 Å². The van der Waals surface area contributed by atoms with Gasteiger partial charge >= 0.3 is 0 Å². The third-order valence-electron chi connectivity index (χ3n) is 5.38. The predicted molar refractivity (Wildman–Crippen MR) is 103 cm³/mol. The van der Waals surface area contributed by atoms with Crippen LogP contribution in [0.3, 0.4) is 0 Å². The molecule has 1 heterocycles. The lowest BCUT2D eigenvalue weighted by Gasteiger charge is -2.38. The van der Waals surface area contributed by atoms with Gasteiger partial charge in [0, 0.05) is 25.0 Å². The van der Waals surface area contributed by atoms with E-state index in [2.05, 4.69) is 5.32 Å². The van der Waals surface area contributed by atoms with E-state index in [1.165, 1.54) is 17.7 Å². The van der Waals surface area contributed by atoms with Crippen molar-refractivity contribution in [2.24, 2.45) is 5.41 Å². The summed E-state index contributed by atoms with van der Waals surface area (Å²) in [6.45, 7) is 5.35. The SMILES string of the molecule is Cc1ccc(CNC(=O)C2(C)CCN(C(=O)c3ccccc3F)CC2)cc1. The number of benzene rings is 2. The standard InChI is InChI=1S/C22H25FN2O2/c1-16-7-9-17(10-8-16)15-24-21(27)22(2)11-13-25(14-12-22)20(26)18-5-3-4-6-19(18)23/h3-10H,11-15H2,1-2H3,(H,24,27). The molecule has 1 aliphatic heterocycles. The third-order valence-corrected chi connectivity index (χ3v) is 5.38. The summed E-state index contributed by atoms with van der Waals surface area (Å²) in [5.41, 5.74) is 1.81. The number of likely N-dealkylation sites (tertiary alicyclic amines) is 1. The number of hydrogen-bond acceptors (Lipinski definition) is 2. The molecule has 2 aromatic carbocycles. The van der Waals surface area contributed by atoms with Crippen molar-refractivity contribution < 1.29 is 14.0 Å². The summed E-state index contributed by atoms with van der Waals surface area (Å²) in [7, 11) is 0. The number of nitrogens with one attached hydrogen (secondary N) is 1. The van der Waals surface area contributed by atoms with Gasteiger partial charge < -0.3 is 10.2 Å². The molecule has 0 aliphatic carbocycles. The Morgan fingerprint density at radius 3 is 2.33 bits per heavy atom. The van der Waals surface area contributed by atoms with Gasteiger partial charge in [-0.2, -0.15) is 0 Å². The maximum atomic E-state index is 13.9. The topological polar surface area (TPSA) is 49.4 Å². The summed E-state index contributed by atoms with van der Waals surface area (Å²) in [4.78, 5) is 26.8. The highest BCUT2D eigenvalue weighted by atomic mass is 19.1. The molecule has 0 atom stereocenters. The first-order valence-electron chi connectivity index (χ1n) is 9.27. The van der Waals surface area contributed by atoms with Gasteiger partial charge in [-0.3, -0.25) is 9.59 Å². The molecule has 5 heteroatoms. The van der Waals surface area contributed by atoms with Crippen molar-refractivity contribution in [2.45, 2.75) is 33.2 Å². The van der Waals surface area contributed by atoms with Crippen molar-refractivity contribution in [2.75, 3.05) is 13.1 Å². The molecule has 0 spiro atoms. The van der Waals surface area contributed by atoms with Gasteiger partial charge in [-0.25, -0.2) is 4.39 Å². The maximum Gasteiger partial charge on any atom is 0.256 e. The average Bonchev–Trinajstić information content (AvgIpc) is 2.68. The highest BCUT2D eigenvalue weighted by Gasteiger charge is 2.38. The number of aryl methyl sites for hydroxylation is 1. The number of piperidine rings is 1. The molecular weight excluding hydrogens is 343 g/mol. The second-order valence-corrected chi connectivity index (χ2v) is 7.50. The summed E-state index contributed by atoms with van der Waals surface area (Å²) in [5, 5.41) is 3.01. The minimum atomic E-state index is -0.517. The summed E-state index contributed by atoms with van der Waals surface area (Å²) >= 11 is 0. The van der Waals surface area contributed by atoms with E-state index in [1.807, 2.05) is 38.1 Å². The molecule has 0 radical (unpaired) electrons. The maximum absolute atomic E-state index is 13.9. The van der Waals surface area contributed by atoms with Crippen LogP contribution in [0.2, 0.25) is 0 Å². The molecule has 142 valence electrons. The minimum Gasteiger partial charge on any atom is -0.352 e. The van der Waals surface area contributed by atoms with Crippen LogP contribution >= 0.6 is 0 Å². The average molecular weight is 368 g/mol. The quantitative estimate of drug-likeness (QED) is 0.895. The largest absolute Gasteiger partial charge is 0.352 e. The summed E-state index contributed by atoms with van der Waals surface area (Å²) in [5.74, 6) is -0.817. The van der Waals surface area contributed by atoms with Crippen LogP contribution in [0.4, 0.5) is 4.39 Å². The summed E-state index contributed by atoms with van der Waals surface area (Å²) in [6, 6.07) is 14.1. The fourth-order valence-corrected chi connectivity index (χ4v) is 3.34. The molecule has 3 rings (SSSR count). The lowest BCUT2D eigenvalue weighted by Crippen LogP contribution is -2.48. The second kappa shape index (κ2) is 7.91. The van der Waals surface area contributed by atoms with Gasteiger partial charge in [0.05, 0.1) is 5.56 Å². The summed E-state index contributed by atoms with van der Waals surface area (Å²) in [6.07, 6.45) is 1.12. The number of carbonyl (C=O) groups is 2. The fourth-order valence-electron chi connectivity index (χ4n) is 3.34. The normalized spacial score (nSPS) is 16.0. The second-order valence-electron chi connectivity index (χ2n) is 7.50. The number of nitrogens with zero attached hydrogens (tertiary/aromatic N) is 1. The molecule has 2 amide bonds. The van der Waals surface area contributed by atoms with Crippen molar-refractivity contribution in [3.63, 3.8) is 0 Å². The molecule has 1 aliphatic rings. The van der Waals surface area contributed by atoms with E-state index in [-0.39, 0.29) is 17.4 Å². The van der Waals surface area contributed by atoms with Gasteiger partial charge in [-0.05, 0) is 37.5 Å². The molecule has 1 saturated heterocycles. The van der Waals surface area contributed by atoms with E-state index in [0.29, 0.717) is 32.5 Å². The van der Waals surface area contributed by atoms with Crippen LogP contribution in [-0.4, -0.2) is 29.8 Å². The van der Waals surface area contributed by atoms with Crippen molar-refractivity contribution in [1.29, 1.82) is 0 Å². The molecular formula is C22H25FN2O2. The molecule has 2 aromatic rings. The lowest BCUT2D eigenvalue weighted by atomic mass is 9.79. The Morgan fingerprint density at radius 1 is 1.07 bits per heavy atom. The van der Waals surface area contributed by atoms with E-state index >= 15 is 0 Å². The predicted octanol–water partition coefficient (Wildman–Crippen LogP) is 3.69. The Morgan fingerprint density at radius 2 is 1.70 bits per heavy atom. The van der Waals surface area contributed by atoms with Crippen molar-refractivity contribution in [3.8, 4) is 0 Å². The number of hydrogen-bond donors (Lipinski definition) is 1. The zero-order valence-corrected chi connectivity index (χ0v) is 15.8. The van der Waals surface area contributed by atoms with Gasteiger partial charge in [-0.1, -0.05) is 48.9 Å². The smallest absolute Gasteiger partial charge is 0.256 e. The number of amides is 2. The zero-order chi connectivity index (χ0) is 19.4. The highest BCUT2D eigenvalue weighted by molar-refractivity contribution is 5.94. The number of carbonyl (C=O) groups excluding carboxylic acids is 2. The van der Waals surface area contributed by atoms with Crippen molar-refractivity contribution in [1.82, 2.24) is 10.2 Å². The summed E-state index contributed by atoms with van der Waals surface area (Å²) < 4.78 is 13.9. The van der Waals surface area contributed by atoms with Gasteiger partial charge in [0.1, 0.15) is 5.82 Å². The number of rotatable bonds is 4. The van der Waals surface area contributed by atoms with E-state index in [0.717, 1.165) is 5.56 Å². The Kier molecular flexibility index (Phi) is 5.59. The van der Waals surface area contributed by atoms with Crippen molar-refractivity contribution in [3.05, 3.63) is 71.0 Å². The highest BCUT2D eigenvalue weighted by Crippen LogP contribution is 2.32. The molecule has 1 N–H and O–H groups in total. The minimum absolute atomic E-state index is 0.000987. The van der Waals surface area contributed by atoms with Crippen LogP contribution in [0.5, 0.6) is 0 Å². The Bertz CT molecular complexity index is 824. The zero-order valence-electron chi connectivity index (χ0n) is 15.8. The first-order valence-corrected chi connectivity index (χ1v) is 9.27. The van der Waals surface area contributed by atoms with Gasteiger partial charge in [0.2, 0.25) is 5.91 Å². The van der Waals surface area contributed by atoms with E-state index in [1.54, 1.807) is 17.0 Å². The molecule has 1 fully saturated rings.